The summed E-state index contributed by atoms with van der Waals surface area (Å²) in [5.74, 6) is 0.785. The monoisotopic (exact) mass is 323 g/mol. The highest BCUT2D eigenvalue weighted by Gasteiger charge is 2.09. The van der Waals surface area contributed by atoms with Gasteiger partial charge in [0.2, 0.25) is 5.91 Å². The SMILES string of the molecule is O=C(CCSc1nn2cnnc2o1)Nc1cccc(Cl)c1. The fourth-order valence-corrected chi connectivity index (χ4v) is 2.55. The van der Waals surface area contributed by atoms with E-state index < -0.39 is 0 Å². The number of benzene rings is 1. The molecule has 0 bridgehead atoms. The van der Waals surface area contributed by atoms with Gasteiger partial charge >= 0.3 is 5.84 Å². The van der Waals surface area contributed by atoms with Gasteiger partial charge in [-0.1, -0.05) is 34.5 Å². The van der Waals surface area contributed by atoms with Gasteiger partial charge in [-0.05, 0) is 18.2 Å². The minimum absolute atomic E-state index is 0.0947. The van der Waals surface area contributed by atoms with Crippen LogP contribution in [0.3, 0.4) is 0 Å². The average molecular weight is 324 g/mol. The lowest BCUT2D eigenvalue weighted by molar-refractivity contribution is -0.115. The summed E-state index contributed by atoms with van der Waals surface area (Å²) in [4.78, 5) is 11.8. The zero-order valence-electron chi connectivity index (χ0n) is 10.7. The van der Waals surface area contributed by atoms with Crippen LogP contribution in [-0.2, 0) is 4.79 Å². The van der Waals surface area contributed by atoms with Crippen molar-refractivity contribution in [1.29, 1.82) is 0 Å². The summed E-state index contributed by atoms with van der Waals surface area (Å²) in [6.07, 6.45) is 1.79. The van der Waals surface area contributed by atoms with Crippen LogP contribution in [0.25, 0.3) is 5.84 Å². The summed E-state index contributed by atoms with van der Waals surface area (Å²) in [5, 5.41) is 15.3. The lowest BCUT2D eigenvalue weighted by Gasteiger charge is -2.04. The molecule has 0 spiro atoms. The number of fused-ring (bicyclic) bond motifs is 1. The number of carbonyl (C=O) groups is 1. The van der Waals surface area contributed by atoms with Crippen molar-refractivity contribution in [3.05, 3.63) is 35.6 Å². The first-order valence-electron chi connectivity index (χ1n) is 6.06. The van der Waals surface area contributed by atoms with Gasteiger partial charge in [0.05, 0.1) is 0 Å². The Morgan fingerprint density at radius 3 is 3.19 bits per heavy atom. The standard InChI is InChI=1S/C12H10ClN5O2S/c13-8-2-1-3-9(6-8)15-10(19)4-5-21-12-17-18-7-14-16-11(18)20-12/h1-3,6-7H,4-5H2,(H,15,19). The van der Waals surface area contributed by atoms with Crippen molar-refractivity contribution < 1.29 is 9.21 Å². The fourth-order valence-electron chi connectivity index (χ4n) is 1.62. The third kappa shape index (κ3) is 3.53. The second kappa shape index (κ2) is 6.15. The van der Waals surface area contributed by atoms with Crippen LogP contribution in [0.1, 0.15) is 6.42 Å². The summed E-state index contributed by atoms with van der Waals surface area (Å²) >= 11 is 7.19. The molecule has 2 aromatic heterocycles. The van der Waals surface area contributed by atoms with E-state index >= 15 is 0 Å². The van der Waals surface area contributed by atoms with Gasteiger partial charge in [-0.25, -0.2) is 0 Å². The molecule has 0 unspecified atom stereocenters. The van der Waals surface area contributed by atoms with Crippen LogP contribution in [0.4, 0.5) is 5.69 Å². The normalized spacial score (nSPS) is 10.9. The van der Waals surface area contributed by atoms with Crippen molar-refractivity contribution in [2.24, 2.45) is 0 Å². The van der Waals surface area contributed by atoms with Crippen LogP contribution < -0.4 is 5.32 Å². The predicted octanol–water partition coefficient (Wildman–Crippen LogP) is 2.49. The topological polar surface area (TPSA) is 85.3 Å². The van der Waals surface area contributed by atoms with Gasteiger partial charge in [0, 0.05) is 22.9 Å². The number of amides is 1. The largest absolute Gasteiger partial charge is 0.396 e. The van der Waals surface area contributed by atoms with E-state index in [9.17, 15) is 4.79 Å². The Labute approximate surface area is 128 Å². The second-order valence-electron chi connectivity index (χ2n) is 4.08. The maximum atomic E-state index is 11.8. The lowest BCUT2D eigenvalue weighted by atomic mass is 10.3. The summed E-state index contributed by atoms with van der Waals surface area (Å²) in [5.41, 5.74) is 0.679. The first-order valence-corrected chi connectivity index (χ1v) is 7.42. The van der Waals surface area contributed by atoms with Crippen molar-refractivity contribution in [3.8, 4) is 0 Å². The third-order valence-corrected chi connectivity index (χ3v) is 3.59. The van der Waals surface area contributed by atoms with Crippen LogP contribution in [0.2, 0.25) is 5.02 Å². The molecule has 0 saturated carbocycles. The quantitative estimate of drug-likeness (QED) is 0.726. The van der Waals surface area contributed by atoms with Crippen molar-refractivity contribution in [2.75, 3.05) is 11.1 Å². The number of anilines is 1. The number of rotatable bonds is 5. The minimum atomic E-state index is -0.0947. The molecule has 1 aromatic carbocycles. The van der Waals surface area contributed by atoms with Crippen LogP contribution >= 0.6 is 23.4 Å². The Morgan fingerprint density at radius 1 is 1.48 bits per heavy atom. The Bertz CT molecular complexity index is 743. The molecule has 1 N–H and O–H groups in total. The predicted molar refractivity (Wildman–Crippen MR) is 78.5 cm³/mol. The highest BCUT2D eigenvalue weighted by atomic mass is 35.5. The van der Waals surface area contributed by atoms with Crippen LogP contribution in [-0.4, -0.2) is 31.5 Å². The smallest absolute Gasteiger partial charge is 0.345 e. The van der Waals surface area contributed by atoms with Gasteiger partial charge in [0.1, 0.15) is 6.33 Å². The fraction of sp³-hybridized carbons (Fsp3) is 0.167. The zero-order valence-corrected chi connectivity index (χ0v) is 12.3. The number of halogens is 1. The van der Waals surface area contributed by atoms with Gasteiger partial charge in [0.25, 0.3) is 5.22 Å². The Hall–Kier alpha value is -2.06. The van der Waals surface area contributed by atoms with Crippen molar-refractivity contribution in [3.63, 3.8) is 0 Å². The van der Waals surface area contributed by atoms with Crippen LogP contribution in [0, 0.1) is 0 Å². The summed E-state index contributed by atoms with van der Waals surface area (Å²) < 4.78 is 6.75. The zero-order chi connectivity index (χ0) is 14.7. The van der Waals surface area contributed by atoms with Gasteiger partial charge in [-0.3, -0.25) is 4.79 Å². The molecular weight excluding hydrogens is 314 g/mol. The maximum absolute atomic E-state index is 11.8. The number of hydrogen-bond acceptors (Lipinski definition) is 6. The summed E-state index contributed by atoms with van der Waals surface area (Å²) in [6, 6.07) is 7.01. The number of aromatic nitrogens is 4. The molecular formula is C12H10ClN5O2S. The van der Waals surface area contributed by atoms with E-state index in [-0.39, 0.29) is 5.91 Å². The van der Waals surface area contributed by atoms with Crippen LogP contribution in [0.5, 0.6) is 0 Å². The number of nitrogens with zero attached hydrogens (tertiary/aromatic N) is 4. The van der Waals surface area contributed by atoms with Gasteiger partial charge in [0.15, 0.2) is 0 Å². The molecule has 0 fully saturated rings. The number of hydrogen-bond donors (Lipinski definition) is 1. The van der Waals surface area contributed by atoms with E-state index in [1.165, 1.54) is 22.6 Å². The molecule has 7 nitrogen and oxygen atoms in total. The third-order valence-electron chi connectivity index (χ3n) is 2.53. The van der Waals surface area contributed by atoms with E-state index in [0.29, 0.717) is 34.0 Å². The molecule has 21 heavy (non-hydrogen) atoms. The van der Waals surface area contributed by atoms with E-state index in [2.05, 4.69) is 20.6 Å². The van der Waals surface area contributed by atoms with Crippen molar-refractivity contribution >= 4 is 40.8 Å². The summed E-state index contributed by atoms with van der Waals surface area (Å²) in [7, 11) is 0. The lowest BCUT2D eigenvalue weighted by Crippen LogP contribution is -2.12. The minimum Gasteiger partial charge on any atom is -0.396 e. The van der Waals surface area contributed by atoms with Gasteiger partial charge in [-0.2, -0.15) is 4.52 Å². The molecule has 1 amide bonds. The van der Waals surface area contributed by atoms with E-state index in [4.69, 9.17) is 16.0 Å². The second-order valence-corrected chi connectivity index (χ2v) is 5.57. The number of carbonyl (C=O) groups excluding carboxylic acids is 1. The van der Waals surface area contributed by atoms with Crippen LogP contribution in [0.15, 0.2) is 40.2 Å². The molecule has 0 aliphatic heterocycles. The molecule has 0 aliphatic rings. The molecule has 3 aromatic rings. The Balaban J connectivity index is 1.48. The van der Waals surface area contributed by atoms with Crippen molar-refractivity contribution in [1.82, 2.24) is 19.8 Å². The molecule has 108 valence electrons. The number of thioether (sulfide) groups is 1. The highest BCUT2D eigenvalue weighted by molar-refractivity contribution is 7.99. The molecule has 0 atom stereocenters. The summed E-state index contributed by atoms with van der Waals surface area (Å²) in [6.45, 7) is 0. The molecule has 0 saturated heterocycles. The Kier molecular flexibility index (Phi) is 4.07. The molecule has 0 aliphatic carbocycles. The van der Waals surface area contributed by atoms with Gasteiger partial charge < -0.3 is 9.73 Å². The first kappa shape index (κ1) is 13.9. The Morgan fingerprint density at radius 2 is 2.38 bits per heavy atom. The molecule has 0 radical (unpaired) electrons. The van der Waals surface area contributed by atoms with E-state index in [0.717, 1.165) is 0 Å². The maximum Gasteiger partial charge on any atom is 0.345 e. The highest BCUT2D eigenvalue weighted by Crippen LogP contribution is 2.19. The molecule has 2 heterocycles. The van der Waals surface area contributed by atoms with E-state index in [1.54, 1.807) is 24.3 Å². The first-order chi connectivity index (χ1) is 10.2. The van der Waals surface area contributed by atoms with E-state index in [1.807, 2.05) is 0 Å². The average Bonchev–Trinajstić information content (AvgIpc) is 2.99. The van der Waals surface area contributed by atoms with Crippen molar-refractivity contribution in [2.45, 2.75) is 11.6 Å². The van der Waals surface area contributed by atoms with Gasteiger partial charge in [-0.15, -0.1) is 10.2 Å². The number of nitrogens with one attached hydrogen (secondary N) is 1. The molecule has 3 rings (SSSR count). The molecule has 9 heteroatoms.